The Bertz CT molecular complexity index is 286. The average Bonchev–Trinajstić information content (AvgIpc) is 2.35. The second kappa shape index (κ2) is 3.82. The number of carbonyl (C=O) groups is 1. The third-order valence-corrected chi connectivity index (χ3v) is 2.07. The topological polar surface area (TPSA) is 54.9 Å². The number of aromatic nitrogens is 2. The number of hydrogen-bond acceptors (Lipinski definition) is 4. The highest BCUT2D eigenvalue weighted by Gasteiger charge is 2.10. The first kappa shape index (κ1) is 9.41. The zero-order chi connectivity index (χ0) is 9.14. The van der Waals surface area contributed by atoms with Crippen LogP contribution < -0.4 is 5.32 Å². The molecule has 1 heterocycles. The fourth-order valence-corrected chi connectivity index (χ4v) is 1.20. The van der Waals surface area contributed by atoms with Gasteiger partial charge in [0.25, 0.3) is 0 Å². The molecule has 0 aliphatic heterocycles. The van der Waals surface area contributed by atoms with E-state index in [1.165, 1.54) is 11.3 Å². The molecule has 12 heavy (non-hydrogen) atoms. The number of alkyl halides is 1. The predicted octanol–water partition coefficient (Wildman–Crippen LogP) is 1.41. The third-order valence-electron chi connectivity index (χ3n) is 1.12. The highest BCUT2D eigenvalue weighted by atomic mass is 35.5. The number of rotatable bonds is 2. The SMILES string of the molecule is Cc1nnc(NC(=O)[C@@H](C)Cl)s1. The summed E-state index contributed by atoms with van der Waals surface area (Å²) < 4.78 is 0. The minimum absolute atomic E-state index is 0.257. The van der Waals surface area contributed by atoms with Gasteiger partial charge in [0.1, 0.15) is 10.4 Å². The minimum atomic E-state index is -0.547. The molecule has 0 unspecified atom stereocenters. The van der Waals surface area contributed by atoms with Crippen molar-refractivity contribution in [1.82, 2.24) is 10.2 Å². The fraction of sp³-hybridized carbons (Fsp3) is 0.500. The summed E-state index contributed by atoms with van der Waals surface area (Å²) in [6, 6.07) is 0. The van der Waals surface area contributed by atoms with Crippen molar-refractivity contribution >= 4 is 34.0 Å². The van der Waals surface area contributed by atoms with Crippen LogP contribution in [0.1, 0.15) is 11.9 Å². The van der Waals surface area contributed by atoms with Gasteiger partial charge in [0, 0.05) is 0 Å². The van der Waals surface area contributed by atoms with Gasteiger partial charge in [-0.25, -0.2) is 0 Å². The molecule has 6 heteroatoms. The molecule has 0 spiro atoms. The van der Waals surface area contributed by atoms with Gasteiger partial charge in [0.05, 0.1) is 0 Å². The lowest BCUT2D eigenvalue weighted by Crippen LogP contribution is -2.20. The molecule has 1 aromatic heterocycles. The smallest absolute Gasteiger partial charge is 0.243 e. The average molecular weight is 206 g/mol. The summed E-state index contributed by atoms with van der Waals surface area (Å²) in [6.45, 7) is 3.42. The number of carbonyl (C=O) groups excluding carboxylic acids is 1. The molecule has 66 valence electrons. The lowest BCUT2D eigenvalue weighted by Gasteiger charge is -2.00. The van der Waals surface area contributed by atoms with Crippen LogP contribution in [0.3, 0.4) is 0 Å². The van der Waals surface area contributed by atoms with E-state index in [1.54, 1.807) is 6.92 Å². The zero-order valence-electron chi connectivity index (χ0n) is 6.67. The Balaban J connectivity index is 2.58. The molecule has 0 bridgehead atoms. The first-order chi connectivity index (χ1) is 5.59. The molecule has 0 aromatic carbocycles. The lowest BCUT2D eigenvalue weighted by atomic mass is 10.4. The van der Waals surface area contributed by atoms with Crippen molar-refractivity contribution in [2.24, 2.45) is 0 Å². The second-order valence-electron chi connectivity index (χ2n) is 2.23. The maximum absolute atomic E-state index is 11.0. The van der Waals surface area contributed by atoms with E-state index >= 15 is 0 Å². The Morgan fingerprint density at radius 3 is 2.75 bits per heavy atom. The van der Waals surface area contributed by atoms with Crippen molar-refractivity contribution in [3.63, 3.8) is 0 Å². The highest BCUT2D eigenvalue weighted by Crippen LogP contribution is 2.14. The molecular weight excluding hydrogens is 198 g/mol. The summed E-state index contributed by atoms with van der Waals surface area (Å²) in [5.41, 5.74) is 0. The van der Waals surface area contributed by atoms with Crippen molar-refractivity contribution in [3.8, 4) is 0 Å². The molecule has 1 atom stereocenters. The monoisotopic (exact) mass is 205 g/mol. The van der Waals surface area contributed by atoms with Crippen LogP contribution in [0.15, 0.2) is 0 Å². The van der Waals surface area contributed by atoms with Gasteiger partial charge in [-0.1, -0.05) is 11.3 Å². The predicted molar refractivity (Wildman–Crippen MR) is 48.6 cm³/mol. The summed E-state index contributed by atoms with van der Waals surface area (Å²) in [5.74, 6) is -0.257. The number of nitrogens with one attached hydrogen (secondary N) is 1. The van der Waals surface area contributed by atoms with Crippen molar-refractivity contribution < 1.29 is 4.79 Å². The number of amides is 1. The third kappa shape index (κ3) is 2.42. The van der Waals surface area contributed by atoms with Crippen molar-refractivity contribution in [2.75, 3.05) is 5.32 Å². The van der Waals surface area contributed by atoms with Gasteiger partial charge in [-0.3, -0.25) is 10.1 Å². The Kier molecular flexibility index (Phi) is 2.99. The summed E-state index contributed by atoms with van der Waals surface area (Å²) in [4.78, 5) is 11.0. The molecule has 0 aliphatic rings. The maximum Gasteiger partial charge on any atom is 0.243 e. The molecule has 0 aliphatic carbocycles. The van der Waals surface area contributed by atoms with Gasteiger partial charge in [-0.15, -0.1) is 21.8 Å². The molecule has 1 amide bonds. The fourth-order valence-electron chi connectivity index (χ4n) is 0.552. The summed E-state index contributed by atoms with van der Waals surface area (Å²) in [7, 11) is 0. The van der Waals surface area contributed by atoms with Gasteiger partial charge in [0.2, 0.25) is 11.0 Å². The molecular formula is C6H8ClN3OS. The minimum Gasteiger partial charge on any atom is -0.299 e. The van der Waals surface area contributed by atoms with Crippen LogP contribution in [-0.4, -0.2) is 21.5 Å². The van der Waals surface area contributed by atoms with Crippen molar-refractivity contribution in [3.05, 3.63) is 5.01 Å². The molecule has 0 saturated carbocycles. The number of nitrogens with zero attached hydrogens (tertiary/aromatic N) is 2. The van der Waals surface area contributed by atoms with Crippen molar-refractivity contribution in [2.45, 2.75) is 19.2 Å². The Morgan fingerprint density at radius 1 is 1.67 bits per heavy atom. The quantitative estimate of drug-likeness (QED) is 0.743. The Morgan fingerprint density at radius 2 is 2.33 bits per heavy atom. The van der Waals surface area contributed by atoms with Crippen LogP contribution in [-0.2, 0) is 4.79 Å². The second-order valence-corrected chi connectivity index (χ2v) is 4.07. The summed E-state index contributed by atoms with van der Waals surface area (Å²) >= 11 is 6.85. The normalized spacial score (nSPS) is 12.6. The molecule has 0 fully saturated rings. The van der Waals surface area contributed by atoms with Crippen molar-refractivity contribution in [1.29, 1.82) is 0 Å². The van der Waals surface area contributed by atoms with E-state index in [-0.39, 0.29) is 5.91 Å². The molecule has 0 radical (unpaired) electrons. The molecule has 4 nitrogen and oxygen atoms in total. The maximum atomic E-state index is 11.0. The number of anilines is 1. The first-order valence-corrected chi connectivity index (χ1v) is 4.60. The van der Waals surface area contributed by atoms with Crippen LogP contribution in [0, 0.1) is 6.92 Å². The molecule has 1 rings (SSSR count). The highest BCUT2D eigenvalue weighted by molar-refractivity contribution is 7.15. The van der Waals surface area contributed by atoms with E-state index in [1.807, 2.05) is 6.92 Å². The van der Waals surface area contributed by atoms with Gasteiger partial charge >= 0.3 is 0 Å². The van der Waals surface area contributed by atoms with E-state index < -0.39 is 5.38 Å². The largest absolute Gasteiger partial charge is 0.299 e. The van der Waals surface area contributed by atoms with Gasteiger partial charge in [-0.05, 0) is 13.8 Å². The zero-order valence-corrected chi connectivity index (χ0v) is 8.24. The first-order valence-electron chi connectivity index (χ1n) is 3.34. The molecule has 0 saturated heterocycles. The van der Waals surface area contributed by atoms with E-state index in [0.29, 0.717) is 5.13 Å². The number of halogens is 1. The van der Waals surface area contributed by atoms with E-state index in [9.17, 15) is 4.79 Å². The number of hydrogen-bond donors (Lipinski definition) is 1. The number of aryl methyl sites for hydroxylation is 1. The molecule has 1 aromatic rings. The standard InChI is InChI=1S/C6H8ClN3OS/c1-3(7)5(11)8-6-10-9-4(2)12-6/h3H,1-2H3,(H,8,10,11)/t3-/m1/s1. The molecule has 1 N–H and O–H groups in total. The van der Waals surface area contributed by atoms with Crippen LogP contribution >= 0.6 is 22.9 Å². The summed E-state index contributed by atoms with van der Waals surface area (Å²) in [6.07, 6.45) is 0. The van der Waals surface area contributed by atoms with Gasteiger partial charge in [0.15, 0.2) is 0 Å². The van der Waals surface area contributed by atoms with Crippen LogP contribution in [0.4, 0.5) is 5.13 Å². The van der Waals surface area contributed by atoms with Crippen LogP contribution in [0.5, 0.6) is 0 Å². The Labute approximate surface area is 79.0 Å². The summed E-state index contributed by atoms with van der Waals surface area (Å²) in [5, 5.41) is 10.7. The van der Waals surface area contributed by atoms with E-state index in [4.69, 9.17) is 11.6 Å². The van der Waals surface area contributed by atoms with E-state index in [0.717, 1.165) is 5.01 Å². The van der Waals surface area contributed by atoms with Gasteiger partial charge < -0.3 is 0 Å². The van der Waals surface area contributed by atoms with Crippen LogP contribution in [0.2, 0.25) is 0 Å². The lowest BCUT2D eigenvalue weighted by molar-refractivity contribution is -0.115. The Hall–Kier alpha value is -0.680. The van der Waals surface area contributed by atoms with Gasteiger partial charge in [-0.2, -0.15) is 0 Å². The van der Waals surface area contributed by atoms with Crippen LogP contribution in [0.25, 0.3) is 0 Å². The van der Waals surface area contributed by atoms with E-state index in [2.05, 4.69) is 15.5 Å².